The summed E-state index contributed by atoms with van der Waals surface area (Å²) in [5.74, 6) is 1.03. The van der Waals surface area contributed by atoms with Gasteiger partial charge in [0.2, 0.25) is 5.91 Å². The Labute approximate surface area is 199 Å². The van der Waals surface area contributed by atoms with Crippen LogP contribution in [0.2, 0.25) is 0 Å². The molecule has 2 heterocycles. The topological polar surface area (TPSA) is 66.3 Å². The number of hydrogen-bond donors (Lipinski definition) is 1. The number of carbonyl (C=O) groups is 1. The van der Waals surface area contributed by atoms with E-state index in [2.05, 4.69) is 74.4 Å². The summed E-state index contributed by atoms with van der Waals surface area (Å²) in [6.45, 7) is 11.4. The summed E-state index contributed by atoms with van der Waals surface area (Å²) in [7, 11) is 0. The molecule has 0 unspecified atom stereocenters. The minimum absolute atomic E-state index is 0.0620. The standard InChI is InChI=1S/C25H30N6OS/c1-3-13-31-20(2)27-28-25(31)33-19-24(32)26-22-9-11-23(12-10-22)30-16-14-29(15-17-30)18-21-7-5-4-6-8-21/h3-12H,1,13-19H2,2H3,(H,26,32). The van der Waals surface area contributed by atoms with Crippen molar-refractivity contribution < 1.29 is 4.79 Å². The Hall–Kier alpha value is -3.10. The van der Waals surface area contributed by atoms with Crippen molar-refractivity contribution in [1.82, 2.24) is 19.7 Å². The van der Waals surface area contributed by atoms with E-state index >= 15 is 0 Å². The Bertz CT molecular complexity index is 1060. The second-order valence-electron chi connectivity index (χ2n) is 8.06. The molecule has 7 nitrogen and oxygen atoms in total. The van der Waals surface area contributed by atoms with E-state index in [9.17, 15) is 4.79 Å². The van der Waals surface area contributed by atoms with Crippen molar-refractivity contribution >= 4 is 29.0 Å². The van der Waals surface area contributed by atoms with Gasteiger partial charge < -0.3 is 14.8 Å². The molecule has 2 aromatic carbocycles. The van der Waals surface area contributed by atoms with Crippen LogP contribution >= 0.6 is 11.8 Å². The highest BCUT2D eigenvalue weighted by Crippen LogP contribution is 2.21. The van der Waals surface area contributed by atoms with E-state index in [-0.39, 0.29) is 11.7 Å². The van der Waals surface area contributed by atoms with Crippen LogP contribution in [0.25, 0.3) is 0 Å². The Kier molecular flexibility index (Phi) is 7.80. The lowest BCUT2D eigenvalue weighted by Crippen LogP contribution is -2.45. The quantitative estimate of drug-likeness (QED) is 0.385. The van der Waals surface area contributed by atoms with E-state index in [4.69, 9.17) is 0 Å². The molecule has 0 atom stereocenters. The average molecular weight is 463 g/mol. The highest BCUT2D eigenvalue weighted by atomic mass is 32.2. The minimum atomic E-state index is -0.0620. The summed E-state index contributed by atoms with van der Waals surface area (Å²) in [5, 5.41) is 11.9. The number of thioether (sulfide) groups is 1. The number of piperazine rings is 1. The van der Waals surface area contributed by atoms with Gasteiger partial charge in [-0.1, -0.05) is 48.2 Å². The monoisotopic (exact) mass is 462 g/mol. The predicted octanol–water partition coefficient (Wildman–Crippen LogP) is 3.83. The molecule has 1 N–H and O–H groups in total. The second kappa shape index (κ2) is 11.2. The molecule has 0 saturated carbocycles. The number of carbonyl (C=O) groups excluding carboxylic acids is 1. The molecule has 1 aliphatic heterocycles. The summed E-state index contributed by atoms with van der Waals surface area (Å²) in [5.41, 5.74) is 3.35. The van der Waals surface area contributed by atoms with E-state index in [1.165, 1.54) is 23.0 Å². The largest absolute Gasteiger partial charge is 0.369 e. The number of anilines is 2. The first-order valence-corrected chi connectivity index (χ1v) is 12.2. The number of nitrogens with zero attached hydrogens (tertiary/aromatic N) is 5. The van der Waals surface area contributed by atoms with Gasteiger partial charge in [0.15, 0.2) is 5.16 Å². The lowest BCUT2D eigenvalue weighted by Gasteiger charge is -2.36. The van der Waals surface area contributed by atoms with Crippen LogP contribution in [0.4, 0.5) is 11.4 Å². The van der Waals surface area contributed by atoms with Crippen molar-refractivity contribution in [2.24, 2.45) is 0 Å². The van der Waals surface area contributed by atoms with Gasteiger partial charge in [-0.2, -0.15) is 0 Å². The second-order valence-corrected chi connectivity index (χ2v) is 9.00. The molecular weight excluding hydrogens is 432 g/mol. The third kappa shape index (κ3) is 6.24. The maximum Gasteiger partial charge on any atom is 0.234 e. The zero-order chi connectivity index (χ0) is 23.0. The van der Waals surface area contributed by atoms with Gasteiger partial charge >= 0.3 is 0 Å². The Morgan fingerprint density at radius 3 is 2.48 bits per heavy atom. The molecule has 0 bridgehead atoms. The van der Waals surface area contributed by atoms with Crippen LogP contribution in [0, 0.1) is 6.92 Å². The lowest BCUT2D eigenvalue weighted by atomic mass is 10.2. The summed E-state index contributed by atoms with van der Waals surface area (Å²) in [4.78, 5) is 17.3. The maximum absolute atomic E-state index is 12.4. The van der Waals surface area contributed by atoms with Gasteiger partial charge in [-0.15, -0.1) is 16.8 Å². The lowest BCUT2D eigenvalue weighted by molar-refractivity contribution is -0.113. The first-order chi connectivity index (χ1) is 16.1. The number of benzene rings is 2. The zero-order valence-electron chi connectivity index (χ0n) is 19.0. The fourth-order valence-electron chi connectivity index (χ4n) is 3.90. The van der Waals surface area contributed by atoms with E-state index in [1.807, 2.05) is 23.6 Å². The highest BCUT2D eigenvalue weighted by molar-refractivity contribution is 7.99. The van der Waals surface area contributed by atoms with E-state index < -0.39 is 0 Å². The Balaban J connectivity index is 1.24. The number of hydrogen-bond acceptors (Lipinski definition) is 6. The molecule has 172 valence electrons. The van der Waals surface area contributed by atoms with Crippen molar-refractivity contribution in [2.45, 2.75) is 25.2 Å². The first-order valence-electron chi connectivity index (χ1n) is 11.2. The van der Waals surface area contributed by atoms with Crippen LogP contribution in [-0.4, -0.2) is 57.5 Å². The molecule has 1 aliphatic rings. The van der Waals surface area contributed by atoms with Gasteiger partial charge in [-0.3, -0.25) is 9.69 Å². The normalized spacial score (nSPS) is 14.3. The first kappa shape index (κ1) is 23.1. The van der Waals surface area contributed by atoms with E-state index in [0.29, 0.717) is 6.54 Å². The molecule has 0 aliphatic carbocycles. The molecule has 0 radical (unpaired) electrons. The van der Waals surface area contributed by atoms with Crippen LogP contribution in [0.5, 0.6) is 0 Å². The van der Waals surface area contributed by atoms with Gasteiger partial charge in [-0.25, -0.2) is 0 Å². The maximum atomic E-state index is 12.4. The summed E-state index contributed by atoms with van der Waals surface area (Å²) < 4.78 is 1.94. The number of aromatic nitrogens is 3. The van der Waals surface area contributed by atoms with Crippen LogP contribution in [0.1, 0.15) is 11.4 Å². The summed E-state index contributed by atoms with van der Waals surface area (Å²) >= 11 is 1.38. The van der Waals surface area contributed by atoms with E-state index in [1.54, 1.807) is 6.08 Å². The molecule has 3 aromatic rings. The molecule has 33 heavy (non-hydrogen) atoms. The van der Waals surface area contributed by atoms with Crippen molar-refractivity contribution in [3.8, 4) is 0 Å². The highest BCUT2D eigenvalue weighted by Gasteiger charge is 2.17. The molecule has 1 fully saturated rings. The summed E-state index contributed by atoms with van der Waals surface area (Å²) in [6, 6.07) is 18.7. The number of rotatable bonds is 9. The third-order valence-corrected chi connectivity index (χ3v) is 6.65. The molecule has 0 spiro atoms. The van der Waals surface area contributed by atoms with Crippen molar-refractivity contribution in [3.63, 3.8) is 0 Å². The van der Waals surface area contributed by atoms with E-state index in [0.717, 1.165) is 49.4 Å². The SMILES string of the molecule is C=CCn1c(C)nnc1SCC(=O)Nc1ccc(N2CCN(Cc3ccccc3)CC2)cc1. The van der Waals surface area contributed by atoms with Crippen LogP contribution in [0.3, 0.4) is 0 Å². The number of nitrogens with one attached hydrogen (secondary N) is 1. The predicted molar refractivity (Wildman–Crippen MR) is 135 cm³/mol. The molecule has 1 saturated heterocycles. The Morgan fingerprint density at radius 1 is 1.06 bits per heavy atom. The molecule has 1 aromatic heterocycles. The van der Waals surface area contributed by atoms with Crippen LogP contribution < -0.4 is 10.2 Å². The fourth-order valence-corrected chi connectivity index (χ4v) is 4.69. The third-order valence-electron chi connectivity index (χ3n) is 5.68. The van der Waals surface area contributed by atoms with Gasteiger partial charge in [0, 0.05) is 50.6 Å². The fraction of sp³-hybridized carbons (Fsp3) is 0.320. The van der Waals surface area contributed by atoms with Crippen molar-refractivity contribution in [3.05, 3.63) is 78.6 Å². The van der Waals surface area contributed by atoms with Gasteiger partial charge in [0.1, 0.15) is 5.82 Å². The van der Waals surface area contributed by atoms with Crippen molar-refractivity contribution in [2.75, 3.05) is 42.1 Å². The summed E-state index contributed by atoms with van der Waals surface area (Å²) in [6.07, 6.45) is 1.80. The Morgan fingerprint density at radius 2 is 1.79 bits per heavy atom. The number of amides is 1. The molecular formula is C25H30N6OS. The number of aryl methyl sites for hydroxylation is 1. The van der Waals surface area contributed by atoms with Crippen molar-refractivity contribution in [1.29, 1.82) is 0 Å². The van der Waals surface area contributed by atoms with Crippen LogP contribution in [-0.2, 0) is 17.9 Å². The van der Waals surface area contributed by atoms with Crippen LogP contribution in [0.15, 0.2) is 72.4 Å². The smallest absolute Gasteiger partial charge is 0.234 e. The zero-order valence-corrected chi connectivity index (χ0v) is 19.8. The molecule has 1 amide bonds. The average Bonchev–Trinajstić information content (AvgIpc) is 3.19. The van der Waals surface area contributed by atoms with Gasteiger partial charge in [0.05, 0.1) is 5.75 Å². The van der Waals surface area contributed by atoms with Gasteiger partial charge in [0.25, 0.3) is 0 Å². The molecule has 8 heteroatoms. The minimum Gasteiger partial charge on any atom is -0.369 e. The van der Waals surface area contributed by atoms with Gasteiger partial charge in [-0.05, 0) is 36.8 Å². The molecule has 4 rings (SSSR count). The number of allylic oxidation sites excluding steroid dienone is 1.